The highest BCUT2D eigenvalue weighted by Crippen LogP contribution is 2.17. The molecular formula is C7H11NO3. The molecule has 0 aromatic carbocycles. The minimum absolute atomic E-state index is 0.372. The second-order valence-corrected chi connectivity index (χ2v) is 2.69. The van der Waals surface area contributed by atoms with Gasteiger partial charge in [-0.25, -0.2) is 4.90 Å². The smallest absolute Gasteiger partial charge is 0.263 e. The normalized spacial score (nSPS) is 37.9. The molecule has 2 rings (SSSR count). The lowest BCUT2D eigenvalue weighted by molar-refractivity contribution is -0.297. The molecule has 11 heavy (non-hydrogen) atoms. The fraction of sp³-hybridized carbons (Fsp3) is 0.714. The van der Waals surface area contributed by atoms with Gasteiger partial charge < -0.3 is 14.6 Å². The minimum Gasteiger partial charge on any atom is -0.459 e. The van der Waals surface area contributed by atoms with Crippen molar-refractivity contribution in [2.24, 2.45) is 0 Å². The van der Waals surface area contributed by atoms with E-state index in [1.807, 2.05) is 11.0 Å². The summed E-state index contributed by atoms with van der Waals surface area (Å²) in [5, 5.41) is 9.10. The third-order valence-corrected chi connectivity index (χ3v) is 1.87. The van der Waals surface area contributed by atoms with Crippen molar-refractivity contribution in [1.82, 2.24) is 4.90 Å². The summed E-state index contributed by atoms with van der Waals surface area (Å²) in [5.74, 6) is 0. The Bertz CT molecular complexity index is 171. The van der Waals surface area contributed by atoms with Crippen LogP contribution in [0.5, 0.6) is 0 Å². The van der Waals surface area contributed by atoms with Gasteiger partial charge in [-0.3, -0.25) is 0 Å². The highest BCUT2D eigenvalue weighted by atomic mass is 16.7. The second-order valence-electron chi connectivity index (χ2n) is 2.69. The van der Waals surface area contributed by atoms with Gasteiger partial charge in [0.15, 0.2) is 6.29 Å². The molecule has 4 heteroatoms. The zero-order chi connectivity index (χ0) is 7.68. The van der Waals surface area contributed by atoms with Gasteiger partial charge in [0, 0.05) is 19.5 Å². The van der Waals surface area contributed by atoms with Crippen molar-refractivity contribution >= 4 is 0 Å². The summed E-state index contributed by atoms with van der Waals surface area (Å²) in [6.45, 7) is 1.67. The lowest BCUT2D eigenvalue weighted by atomic mass is 10.3. The van der Waals surface area contributed by atoms with Crippen LogP contribution in [0.2, 0.25) is 0 Å². The van der Waals surface area contributed by atoms with E-state index in [0.717, 1.165) is 13.1 Å². The Morgan fingerprint density at radius 2 is 2.45 bits per heavy atom. The predicted octanol–water partition coefficient (Wildman–Crippen LogP) is -0.145. The van der Waals surface area contributed by atoms with Gasteiger partial charge in [0.2, 0.25) is 0 Å². The van der Waals surface area contributed by atoms with E-state index in [1.54, 1.807) is 6.26 Å². The molecule has 0 aromatic heterocycles. The molecule has 2 aliphatic heterocycles. The summed E-state index contributed by atoms with van der Waals surface area (Å²) in [5.41, 5.74) is 0. The Morgan fingerprint density at radius 1 is 1.55 bits per heavy atom. The number of fused-ring (bicyclic) bond motifs is 1. The number of aliphatic hydroxyl groups excluding tert-OH is 1. The van der Waals surface area contributed by atoms with Crippen LogP contribution < -0.4 is 0 Å². The van der Waals surface area contributed by atoms with Crippen LogP contribution in [0.15, 0.2) is 12.3 Å². The van der Waals surface area contributed by atoms with Crippen molar-refractivity contribution in [3.63, 3.8) is 0 Å². The van der Waals surface area contributed by atoms with Crippen molar-refractivity contribution < 1.29 is 14.6 Å². The number of aliphatic hydroxyl groups is 1. The number of rotatable bonds is 0. The molecule has 0 spiro atoms. The third kappa shape index (κ3) is 1.38. The average Bonchev–Trinajstić information content (AvgIpc) is 2.04. The summed E-state index contributed by atoms with van der Waals surface area (Å²) >= 11 is 0. The van der Waals surface area contributed by atoms with E-state index in [9.17, 15) is 0 Å². The highest BCUT2D eigenvalue weighted by Gasteiger charge is 2.29. The van der Waals surface area contributed by atoms with Crippen LogP contribution in [0.4, 0.5) is 0 Å². The van der Waals surface area contributed by atoms with E-state index < -0.39 is 6.29 Å². The molecule has 0 aromatic rings. The summed E-state index contributed by atoms with van der Waals surface area (Å²) in [4.78, 5) is 2.02. The number of ether oxygens (including phenoxy) is 2. The molecule has 4 nitrogen and oxygen atoms in total. The molecule has 2 heterocycles. The van der Waals surface area contributed by atoms with E-state index in [1.165, 1.54) is 0 Å². The third-order valence-electron chi connectivity index (χ3n) is 1.87. The van der Waals surface area contributed by atoms with Crippen LogP contribution in [-0.2, 0) is 9.47 Å². The van der Waals surface area contributed by atoms with Crippen molar-refractivity contribution in [2.45, 2.75) is 19.1 Å². The van der Waals surface area contributed by atoms with Crippen LogP contribution in [0, 0.1) is 0 Å². The summed E-state index contributed by atoms with van der Waals surface area (Å²) in [7, 11) is 0. The lowest BCUT2D eigenvalue weighted by Gasteiger charge is -2.37. The zero-order valence-corrected chi connectivity index (χ0v) is 6.14. The quantitative estimate of drug-likeness (QED) is 0.531. The van der Waals surface area contributed by atoms with E-state index in [0.29, 0.717) is 6.42 Å². The molecule has 1 fully saturated rings. The van der Waals surface area contributed by atoms with E-state index >= 15 is 0 Å². The zero-order valence-electron chi connectivity index (χ0n) is 6.14. The maximum absolute atomic E-state index is 9.10. The Hall–Kier alpha value is -0.580. The molecular weight excluding hydrogens is 146 g/mol. The molecule has 0 radical (unpaired) electrons. The molecule has 0 amide bonds. The second kappa shape index (κ2) is 2.81. The fourth-order valence-corrected chi connectivity index (χ4v) is 1.27. The fourth-order valence-electron chi connectivity index (χ4n) is 1.27. The molecule has 1 N–H and O–H groups in total. The Labute approximate surface area is 65.0 Å². The summed E-state index contributed by atoms with van der Waals surface area (Å²) in [6, 6.07) is 0. The number of hydrogen-bond donors (Lipinski definition) is 1. The van der Waals surface area contributed by atoms with Crippen LogP contribution in [0.3, 0.4) is 0 Å². The summed E-state index contributed by atoms with van der Waals surface area (Å²) < 4.78 is 10.2. The first kappa shape index (κ1) is 7.09. The lowest BCUT2D eigenvalue weighted by Crippen LogP contribution is -2.48. The van der Waals surface area contributed by atoms with E-state index in [4.69, 9.17) is 14.6 Å². The van der Waals surface area contributed by atoms with Crippen LogP contribution >= 0.6 is 0 Å². The van der Waals surface area contributed by atoms with Gasteiger partial charge in [0.05, 0.1) is 6.26 Å². The molecule has 0 bridgehead atoms. The molecule has 2 unspecified atom stereocenters. The van der Waals surface area contributed by atoms with Gasteiger partial charge in [0.25, 0.3) is 6.41 Å². The van der Waals surface area contributed by atoms with E-state index in [-0.39, 0.29) is 6.41 Å². The Morgan fingerprint density at radius 3 is 3.36 bits per heavy atom. The van der Waals surface area contributed by atoms with Crippen molar-refractivity contribution in [1.29, 1.82) is 0 Å². The van der Waals surface area contributed by atoms with Crippen molar-refractivity contribution in [3.8, 4) is 0 Å². The molecule has 1 saturated heterocycles. The van der Waals surface area contributed by atoms with Crippen LogP contribution in [0.25, 0.3) is 0 Å². The van der Waals surface area contributed by atoms with Crippen LogP contribution in [0.1, 0.15) is 6.42 Å². The predicted molar refractivity (Wildman–Crippen MR) is 37.3 cm³/mol. The maximum Gasteiger partial charge on any atom is 0.263 e. The first-order valence-electron chi connectivity index (χ1n) is 3.74. The van der Waals surface area contributed by atoms with Gasteiger partial charge in [-0.1, -0.05) is 0 Å². The van der Waals surface area contributed by atoms with Crippen LogP contribution in [-0.4, -0.2) is 35.8 Å². The SMILES string of the molecule is OC1CCN2CC=COC2O1. The Kier molecular flexibility index (Phi) is 1.81. The topological polar surface area (TPSA) is 41.9 Å². The van der Waals surface area contributed by atoms with Gasteiger partial charge in [-0.15, -0.1) is 0 Å². The van der Waals surface area contributed by atoms with Gasteiger partial charge in [-0.2, -0.15) is 0 Å². The average molecular weight is 157 g/mol. The molecule has 2 atom stereocenters. The van der Waals surface area contributed by atoms with Crippen molar-refractivity contribution in [2.75, 3.05) is 13.1 Å². The molecule has 0 aliphatic carbocycles. The maximum atomic E-state index is 9.10. The monoisotopic (exact) mass is 157 g/mol. The van der Waals surface area contributed by atoms with Gasteiger partial charge in [0.1, 0.15) is 0 Å². The highest BCUT2D eigenvalue weighted by molar-refractivity contribution is 4.84. The standard InChI is InChI=1S/C7H11NO3/c9-6-2-4-8-3-1-5-10-7(8)11-6/h1,5-7,9H,2-4H2. The first-order valence-corrected chi connectivity index (χ1v) is 3.74. The van der Waals surface area contributed by atoms with Crippen molar-refractivity contribution in [3.05, 3.63) is 12.3 Å². The van der Waals surface area contributed by atoms with Gasteiger partial charge >= 0.3 is 0 Å². The molecule has 2 aliphatic rings. The van der Waals surface area contributed by atoms with E-state index in [2.05, 4.69) is 0 Å². The Balaban J connectivity index is 2.00. The number of hydrogen-bond acceptors (Lipinski definition) is 4. The summed E-state index contributed by atoms with van der Waals surface area (Å²) in [6.07, 6.45) is 3.16. The number of nitrogens with zero attached hydrogens (tertiary/aromatic N) is 1. The minimum atomic E-state index is -0.664. The molecule has 0 saturated carbocycles. The molecule has 62 valence electrons. The first-order chi connectivity index (χ1) is 5.36. The largest absolute Gasteiger partial charge is 0.459 e. The van der Waals surface area contributed by atoms with Gasteiger partial charge in [-0.05, 0) is 6.08 Å².